The van der Waals surface area contributed by atoms with Gasteiger partial charge in [-0.3, -0.25) is 4.98 Å². The molecule has 0 radical (unpaired) electrons. The monoisotopic (exact) mass is 290 g/mol. The van der Waals surface area contributed by atoms with Gasteiger partial charge in [-0.25, -0.2) is 0 Å². The van der Waals surface area contributed by atoms with Crippen LogP contribution in [-0.4, -0.2) is 16.9 Å². The topological polar surface area (TPSA) is 24.9 Å². The van der Waals surface area contributed by atoms with Crippen molar-refractivity contribution in [1.82, 2.24) is 10.3 Å². The zero-order chi connectivity index (χ0) is 11.3. The van der Waals surface area contributed by atoms with Gasteiger partial charge in [-0.1, -0.05) is 13.8 Å². The second-order valence-electron chi connectivity index (χ2n) is 3.85. The summed E-state index contributed by atoms with van der Waals surface area (Å²) >= 11 is 9.22. The van der Waals surface area contributed by atoms with Crippen LogP contribution in [0.25, 0.3) is 0 Å². The van der Waals surface area contributed by atoms with E-state index in [0.717, 1.165) is 16.7 Å². The molecule has 1 aromatic heterocycles. The van der Waals surface area contributed by atoms with Crippen molar-refractivity contribution in [3.63, 3.8) is 0 Å². The number of nitrogens with one attached hydrogen (secondary N) is 1. The highest BCUT2D eigenvalue weighted by molar-refractivity contribution is 9.10. The van der Waals surface area contributed by atoms with Gasteiger partial charge in [0.1, 0.15) is 0 Å². The molecule has 1 heterocycles. The Balaban J connectivity index is 2.45. The van der Waals surface area contributed by atoms with Gasteiger partial charge in [-0.2, -0.15) is 0 Å². The van der Waals surface area contributed by atoms with E-state index in [1.165, 1.54) is 0 Å². The van der Waals surface area contributed by atoms with Crippen LogP contribution in [0.2, 0.25) is 0 Å². The number of nitrogens with zero attached hydrogens (tertiary/aromatic N) is 1. The van der Waals surface area contributed by atoms with Crippen molar-refractivity contribution in [2.45, 2.75) is 26.4 Å². The Bertz CT molecular complexity index is 287. The number of rotatable bonds is 5. The van der Waals surface area contributed by atoms with Crippen LogP contribution in [0, 0.1) is 5.92 Å². The molecule has 0 bridgehead atoms. The van der Waals surface area contributed by atoms with E-state index in [1.54, 1.807) is 0 Å². The van der Waals surface area contributed by atoms with E-state index >= 15 is 0 Å². The Morgan fingerprint density at radius 3 is 2.67 bits per heavy atom. The van der Waals surface area contributed by atoms with Crippen molar-refractivity contribution in [1.29, 1.82) is 0 Å². The van der Waals surface area contributed by atoms with Gasteiger partial charge in [0.25, 0.3) is 0 Å². The summed E-state index contributed by atoms with van der Waals surface area (Å²) in [6.45, 7) is 5.09. The minimum absolute atomic E-state index is 0.345. The van der Waals surface area contributed by atoms with Gasteiger partial charge in [0.15, 0.2) is 0 Å². The molecule has 0 amide bonds. The SMILES string of the molecule is CC(C)C(CCl)NCc1ccc(Br)cn1. The number of pyridine rings is 1. The minimum atomic E-state index is 0.345. The fourth-order valence-corrected chi connectivity index (χ4v) is 1.92. The molecule has 0 aliphatic heterocycles. The van der Waals surface area contributed by atoms with Crippen LogP contribution in [0.1, 0.15) is 19.5 Å². The zero-order valence-corrected chi connectivity index (χ0v) is 11.3. The average Bonchev–Trinajstić information content (AvgIpc) is 2.21. The Labute approximate surface area is 105 Å². The number of halogens is 2. The normalized spacial score (nSPS) is 13.1. The van der Waals surface area contributed by atoms with Crippen LogP contribution in [0.4, 0.5) is 0 Å². The fraction of sp³-hybridized carbons (Fsp3) is 0.545. The van der Waals surface area contributed by atoms with E-state index in [-0.39, 0.29) is 0 Å². The summed E-state index contributed by atoms with van der Waals surface area (Å²) in [5, 5.41) is 3.39. The van der Waals surface area contributed by atoms with Crippen LogP contribution in [0.15, 0.2) is 22.8 Å². The molecule has 0 aliphatic carbocycles. The van der Waals surface area contributed by atoms with Crippen LogP contribution in [-0.2, 0) is 6.54 Å². The van der Waals surface area contributed by atoms with Crippen molar-refractivity contribution in [3.05, 3.63) is 28.5 Å². The molecule has 2 nitrogen and oxygen atoms in total. The van der Waals surface area contributed by atoms with Gasteiger partial charge in [0.2, 0.25) is 0 Å². The maximum atomic E-state index is 5.86. The molecule has 0 fully saturated rings. The highest BCUT2D eigenvalue weighted by atomic mass is 79.9. The zero-order valence-electron chi connectivity index (χ0n) is 9.00. The smallest absolute Gasteiger partial charge is 0.0542 e. The minimum Gasteiger partial charge on any atom is -0.307 e. The van der Waals surface area contributed by atoms with Crippen LogP contribution in [0.5, 0.6) is 0 Å². The Morgan fingerprint density at radius 2 is 2.20 bits per heavy atom. The van der Waals surface area contributed by atoms with Gasteiger partial charge < -0.3 is 5.32 Å². The largest absolute Gasteiger partial charge is 0.307 e. The number of hydrogen-bond acceptors (Lipinski definition) is 2. The lowest BCUT2D eigenvalue weighted by Gasteiger charge is -2.19. The van der Waals surface area contributed by atoms with Crippen LogP contribution >= 0.6 is 27.5 Å². The predicted molar refractivity (Wildman–Crippen MR) is 68.1 cm³/mol. The number of hydrogen-bond donors (Lipinski definition) is 1. The molecule has 4 heteroatoms. The van der Waals surface area contributed by atoms with E-state index in [9.17, 15) is 0 Å². The molecule has 15 heavy (non-hydrogen) atoms. The molecule has 1 aromatic rings. The third-order valence-corrected chi connectivity index (χ3v) is 3.11. The molecule has 0 aromatic carbocycles. The van der Waals surface area contributed by atoms with Crippen LogP contribution < -0.4 is 5.32 Å². The van der Waals surface area contributed by atoms with Gasteiger partial charge in [-0.15, -0.1) is 11.6 Å². The molecule has 0 saturated carbocycles. The van der Waals surface area contributed by atoms with E-state index in [4.69, 9.17) is 11.6 Å². The summed E-state index contributed by atoms with van der Waals surface area (Å²) < 4.78 is 1.00. The summed E-state index contributed by atoms with van der Waals surface area (Å²) in [7, 11) is 0. The first-order chi connectivity index (χ1) is 7.13. The maximum absolute atomic E-state index is 5.86. The summed E-state index contributed by atoms with van der Waals surface area (Å²) in [5.74, 6) is 1.17. The average molecular weight is 292 g/mol. The molecule has 1 unspecified atom stereocenters. The third kappa shape index (κ3) is 4.49. The Kier molecular flexibility index (Phi) is 5.58. The first-order valence-corrected chi connectivity index (χ1v) is 6.36. The second-order valence-corrected chi connectivity index (χ2v) is 5.08. The molecular formula is C11H16BrClN2. The summed E-state index contributed by atoms with van der Waals surface area (Å²) in [5.41, 5.74) is 1.04. The summed E-state index contributed by atoms with van der Waals surface area (Å²) in [6.07, 6.45) is 1.81. The van der Waals surface area contributed by atoms with Crippen molar-refractivity contribution in [2.24, 2.45) is 5.92 Å². The van der Waals surface area contributed by atoms with Gasteiger partial charge >= 0.3 is 0 Å². The summed E-state index contributed by atoms with van der Waals surface area (Å²) in [6, 6.07) is 4.34. The lowest BCUT2D eigenvalue weighted by atomic mass is 10.1. The Hall–Kier alpha value is -0.120. The van der Waals surface area contributed by atoms with E-state index in [2.05, 4.69) is 40.1 Å². The second kappa shape index (κ2) is 6.46. The van der Waals surface area contributed by atoms with Crippen molar-refractivity contribution in [3.8, 4) is 0 Å². The van der Waals surface area contributed by atoms with Gasteiger partial charge in [-0.05, 0) is 34.0 Å². The van der Waals surface area contributed by atoms with E-state index in [1.807, 2.05) is 18.3 Å². The lowest BCUT2D eigenvalue weighted by molar-refractivity contribution is 0.428. The quantitative estimate of drug-likeness (QED) is 0.843. The number of alkyl halides is 1. The highest BCUT2D eigenvalue weighted by Crippen LogP contribution is 2.08. The molecule has 0 saturated heterocycles. The van der Waals surface area contributed by atoms with Crippen molar-refractivity contribution < 1.29 is 0 Å². The molecule has 0 spiro atoms. The molecule has 1 rings (SSSR count). The molecule has 1 atom stereocenters. The molecule has 84 valence electrons. The Morgan fingerprint density at radius 1 is 1.47 bits per heavy atom. The first-order valence-electron chi connectivity index (χ1n) is 5.03. The van der Waals surface area contributed by atoms with Crippen molar-refractivity contribution in [2.75, 3.05) is 5.88 Å². The van der Waals surface area contributed by atoms with Gasteiger partial charge in [0.05, 0.1) is 5.69 Å². The maximum Gasteiger partial charge on any atom is 0.0542 e. The fourth-order valence-electron chi connectivity index (χ4n) is 1.22. The standard InChI is InChI=1S/C11H16BrClN2/c1-8(2)11(5-13)15-7-10-4-3-9(12)6-14-10/h3-4,6,8,11,15H,5,7H2,1-2H3. The summed E-state index contributed by atoms with van der Waals surface area (Å²) in [4.78, 5) is 4.29. The van der Waals surface area contributed by atoms with Gasteiger partial charge in [0, 0.05) is 29.1 Å². The lowest BCUT2D eigenvalue weighted by Crippen LogP contribution is -2.35. The number of aromatic nitrogens is 1. The first kappa shape index (κ1) is 12.9. The van der Waals surface area contributed by atoms with Crippen LogP contribution in [0.3, 0.4) is 0 Å². The van der Waals surface area contributed by atoms with Crippen molar-refractivity contribution >= 4 is 27.5 Å². The highest BCUT2D eigenvalue weighted by Gasteiger charge is 2.10. The van der Waals surface area contributed by atoms with E-state index < -0.39 is 0 Å². The predicted octanol–water partition coefficient (Wildman–Crippen LogP) is 3.20. The molecule has 0 aliphatic rings. The molecular weight excluding hydrogens is 275 g/mol. The van der Waals surface area contributed by atoms with E-state index in [0.29, 0.717) is 17.8 Å². The molecule has 1 N–H and O–H groups in total. The third-order valence-electron chi connectivity index (χ3n) is 2.30.